The molecule has 2 aromatic heterocycles. The van der Waals surface area contributed by atoms with Gasteiger partial charge in [0.1, 0.15) is 0 Å². The molecule has 7 rings (SSSR count). The molecule has 0 saturated carbocycles. The van der Waals surface area contributed by atoms with Crippen LogP contribution in [0.2, 0.25) is 10.0 Å². The van der Waals surface area contributed by atoms with Gasteiger partial charge < -0.3 is 28.7 Å². The number of amides is 2. The van der Waals surface area contributed by atoms with Gasteiger partial charge in [0.2, 0.25) is 11.8 Å². The van der Waals surface area contributed by atoms with Crippen LogP contribution in [0, 0.1) is 5.41 Å². The number of likely N-dealkylation sites (tertiary alicyclic amines) is 2. The van der Waals surface area contributed by atoms with Crippen molar-refractivity contribution < 1.29 is 28.5 Å². The lowest BCUT2D eigenvalue weighted by Gasteiger charge is -2.59. The Morgan fingerprint density at radius 1 is 0.604 bits per heavy atom. The van der Waals surface area contributed by atoms with E-state index in [-0.39, 0.29) is 17.6 Å². The number of hydrogen-bond acceptors (Lipinski definition) is 10. The second kappa shape index (κ2) is 15.4. The van der Waals surface area contributed by atoms with Crippen molar-refractivity contribution in [2.75, 3.05) is 80.8 Å². The number of ether oxygens (including phenoxy) is 4. The molecule has 14 heteroatoms. The number of piperazine rings is 1. The van der Waals surface area contributed by atoms with Crippen molar-refractivity contribution >= 4 is 35.4 Å². The first kappa shape index (κ1) is 36.7. The van der Waals surface area contributed by atoms with Gasteiger partial charge in [0.15, 0.2) is 0 Å². The smallest absolute Gasteiger partial charge is 0.409 e. The van der Waals surface area contributed by atoms with Crippen molar-refractivity contribution in [3.05, 3.63) is 81.8 Å². The number of halogens is 2. The first-order valence-corrected chi connectivity index (χ1v) is 18.2. The zero-order chi connectivity index (χ0) is 37.3. The maximum Gasteiger partial charge on any atom is 0.409 e. The third kappa shape index (κ3) is 7.33. The van der Waals surface area contributed by atoms with Crippen LogP contribution in [-0.2, 0) is 22.6 Å². The summed E-state index contributed by atoms with van der Waals surface area (Å²) in [6, 6.07) is 19.6. The molecular formula is C39H42Cl2N6O6. The minimum absolute atomic E-state index is 0.151. The summed E-state index contributed by atoms with van der Waals surface area (Å²) in [5, 5.41) is 1.04. The van der Waals surface area contributed by atoms with Crippen LogP contribution in [0.3, 0.4) is 0 Å². The van der Waals surface area contributed by atoms with E-state index in [1.807, 2.05) is 60.7 Å². The molecule has 278 valence electrons. The lowest BCUT2D eigenvalue weighted by Crippen LogP contribution is -2.72. The molecule has 53 heavy (non-hydrogen) atoms. The predicted octanol–water partition coefficient (Wildman–Crippen LogP) is 6.57. The molecule has 0 aliphatic carbocycles. The van der Waals surface area contributed by atoms with Gasteiger partial charge in [-0.05, 0) is 12.1 Å². The zero-order valence-corrected chi connectivity index (χ0v) is 31.7. The van der Waals surface area contributed by atoms with Crippen LogP contribution in [0.25, 0.3) is 33.6 Å². The van der Waals surface area contributed by atoms with Gasteiger partial charge in [-0.2, -0.15) is 0 Å². The molecule has 12 nitrogen and oxygen atoms in total. The Hall–Kier alpha value is -4.62. The molecule has 0 bridgehead atoms. The molecule has 1 spiro atoms. The van der Waals surface area contributed by atoms with E-state index in [1.54, 1.807) is 24.0 Å². The quantitative estimate of drug-likeness (QED) is 0.186. The Morgan fingerprint density at radius 3 is 1.53 bits per heavy atom. The van der Waals surface area contributed by atoms with Crippen molar-refractivity contribution in [2.24, 2.45) is 5.41 Å². The van der Waals surface area contributed by atoms with Crippen LogP contribution in [0.4, 0.5) is 9.59 Å². The summed E-state index contributed by atoms with van der Waals surface area (Å²) in [5.41, 5.74) is 6.47. The van der Waals surface area contributed by atoms with Gasteiger partial charge in [-0.15, -0.1) is 0 Å². The van der Waals surface area contributed by atoms with Crippen LogP contribution in [0.1, 0.15) is 11.1 Å². The van der Waals surface area contributed by atoms with E-state index in [0.717, 1.165) is 72.6 Å². The SMILES string of the molecule is COC(=O)N1CCN(Cc2ccc(-c3cccc(-c4cccc(-c5ccc(CN6CC7(C6)CN(C(=O)OC)C7)c(OC)n5)c4Cl)c3Cl)nc2OC)CC1. The highest BCUT2D eigenvalue weighted by molar-refractivity contribution is 6.39. The summed E-state index contributed by atoms with van der Waals surface area (Å²) in [5.74, 6) is 1.06. The minimum atomic E-state index is -0.302. The molecule has 4 aromatic rings. The first-order valence-electron chi connectivity index (χ1n) is 17.4. The highest BCUT2D eigenvalue weighted by Crippen LogP contribution is 2.44. The predicted molar refractivity (Wildman–Crippen MR) is 202 cm³/mol. The maximum atomic E-state index is 11.9. The van der Waals surface area contributed by atoms with E-state index in [9.17, 15) is 9.59 Å². The lowest BCUT2D eigenvalue weighted by atomic mass is 9.73. The summed E-state index contributed by atoms with van der Waals surface area (Å²) in [7, 11) is 6.05. The van der Waals surface area contributed by atoms with Crippen LogP contribution < -0.4 is 9.47 Å². The minimum Gasteiger partial charge on any atom is -0.481 e. The monoisotopic (exact) mass is 760 g/mol. The van der Waals surface area contributed by atoms with Gasteiger partial charge in [0.05, 0.1) is 49.9 Å². The fourth-order valence-electron chi connectivity index (χ4n) is 7.64. The summed E-state index contributed by atoms with van der Waals surface area (Å²) in [6.45, 7) is 7.23. The van der Waals surface area contributed by atoms with Gasteiger partial charge in [0.25, 0.3) is 0 Å². The van der Waals surface area contributed by atoms with Crippen LogP contribution in [0.5, 0.6) is 11.8 Å². The Morgan fingerprint density at radius 2 is 1.06 bits per heavy atom. The molecule has 3 aliphatic heterocycles. The van der Waals surface area contributed by atoms with E-state index < -0.39 is 0 Å². The highest BCUT2D eigenvalue weighted by Gasteiger charge is 2.53. The molecule has 0 N–H and O–H groups in total. The fraction of sp³-hybridized carbons (Fsp3) is 0.385. The van der Waals surface area contributed by atoms with Crippen LogP contribution in [-0.4, -0.2) is 123 Å². The van der Waals surface area contributed by atoms with Crippen molar-refractivity contribution in [2.45, 2.75) is 13.1 Å². The summed E-state index contributed by atoms with van der Waals surface area (Å²) in [6.07, 6.45) is -0.568. The molecular weight excluding hydrogens is 719 g/mol. The molecule has 0 unspecified atom stereocenters. The number of hydrogen-bond donors (Lipinski definition) is 0. The van der Waals surface area contributed by atoms with E-state index in [0.29, 0.717) is 59.4 Å². The number of aromatic nitrogens is 2. The van der Waals surface area contributed by atoms with Gasteiger partial charge in [0, 0.05) is 104 Å². The number of methoxy groups -OCH3 is 4. The normalized spacial score (nSPS) is 16.9. The number of rotatable bonds is 9. The second-order valence-electron chi connectivity index (χ2n) is 13.8. The molecule has 5 heterocycles. The van der Waals surface area contributed by atoms with Gasteiger partial charge in [-0.3, -0.25) is 9.80 Å². The van der Waals surface area contributed by atoms with E-state index in [2.05, 4.69) is 9.80 Å². The van der Waals surface area contributed by atoms with E-state index in [4.69, 9.17) is 52.1 Å². The summed E-state index contributed by atoms with van der Waals surface area (Å²) < 4.78 is 21.2. The molecule has 0 atom stereocenters. The Kier molecular flexibility index (Phi) is 10.7. The largest absolute Gasteiger partial charge is 0.481 e. The van der Waals surface area contributed by atoms with Crippen molar-refractivity contribution in [3.8, 4) is 45.4 Å². The number of nitrogens with zero attached hydrogens (tertiary/aromatic N) is 6. The fourth-order valence-corrected chi connectivity index (χ4v) is 8.29. The van der Waals surface area contributed by atoms with Gasteiger partial charge >= 0.3 is 12.2 Å². The average molecular weight is 762 g/mol. The lowest BCUT2D eigenvalue weighted by molar-refractivity contribution is -0.107. The number of carbonyl (C=O) groups excluding carboxylic acids is 2. The Balaban J connectivity index is 1.07. The number of benzene rings is 2. The Labute approximate surface area is 319 Å². The van der Waals surface area contributed by atoms with Crippen molar-refractivity contribution in [3.63, 3.8) is 0 Å². The Bertz CT molecular complexity index is 2010. The number of pyridine rings is 2. The van der Waals surface area contributed by atoms with Crippen molar-refractivity contribution in [1.29, 1.82) is 0 Å². The molecule has 3 fully saturated rings. The third-order valence-corrected chi connectivity index (χ3v) is 11.1. The van der Waals surface area contributed by atoms with Crippen LogP contribution >= 0.6 is 23.2 Å². The standard InChI is InChI=1S/C39H42Cl2N6O6/c1-50-35-25(19-44-15-17-46(18-16-44)37(48)52-3)11-13-31(42-35)29-9-5-7-27(33(29)40)28-8-6-10-30(34(28)41)32-14-12-26(36(43-32)51-2)20-45-21-39(22-45)23-47(24-39)38(49)53-4/h5-14H,15-24H2,1-4H3. The molecule has 3 saturated heterocycles. The third-order valence-electron chi connectivity index (χ3n) is 10.3. The molecule has 3 aliphatic rings. The zero-order valence-electron chi connectivity index (χ0n) is 30.2. The molecule has 2 amide bonds. The van der Waals surface area contributed by atoms with Crippen molar-refractivity contribution in [1.82, 2.24) is 29.6 Å². The average Bonchev–Trinajstić information content (AvgIpc) is 3.15. The second-order valence-corrected chi connectivity index (χ2v) is 14.5. The summed E-state index contributed by atoms with van der Waals surface area (Å²) in [4.78, 5) is 41.4. The van der Waals surface area contributed by atoms with E-state index >= 15 is 0 Å². The van der Waals surface area contributed by atoms with E-state index in [1.165, 1.54) is 14.2 Å². The first-order chi connectivity index (χ1) is 25.6. The molecule has 0 radical (unpaired) electrons. The maximum absolute atomic E-state index is 11.9. The topological polar surface area (TPSA) is 110 Å². The highest BCUT2D eigenvalue weighted by atomic mass is 35.5. The number of carbonyl (C=O) groups is 2. The molecule has 2 aromatic carbocycles. The summed E-state index contributed by atoms with van der Waals surface area (Å²) >= 11 is 14.3. The van der Waals surface area contributed by atoms with Gasteiger partial charge in [-0.25, -0.2) is 19.6 Å². The van der Waals surface area contributed by atoms with Gasteiger partial charge in [-0.1, -0.05) is 71.7 Å². The van der Waals surface area contributed by atoms with Crippen LogP contribution in [0.15, 0.2) is 60.7 Å².